The van der Waals surface area contributed by atoms with Gasteiger partial charge >= 0.3 is 0 Å². The molecule has 0 spiro atoms. The molecule has 4 nitrogen and oxygen atoms in total. The number of aryl methyl sites for hydroxylation is 2. The Hall–Kier alpha value is -1.10. The van der Waals surface area contributed by atoms with Crippen molar-refractivity contribution in [1.82, 2.24) is 0 Å². The molecule has 21 heavy (non-hydrogen) atoms. The molecule has 4 heteroatoms. The minimum absolute atomic E-state index is 0.633. The van der Waals surface area contributed by atoms with Gasteiger partial charge in [0, 0.05) is 0 Å². The number of hydrogen-bond donors (Lipinski definition) is 2. The number of para-hydroxylation sites is 1. The SMILES string of the molecule is Cc1cccc(C)c1OCCOCC[NH+]1CC[NH+](C)CC1. The maximum absolute atomic E-state index is 5.84. The number of piperazine rings is 1. The molecule has 1 aromatic carbocycles. The van der Waals surface area contributed by atoms with Crippen molar-refractivity contribution >= 4 is 0 Å². The van der Waals surface area contributed by atoms with Crippen LogP contribution in [0.3, 0.4) is 0 Å². The van der Waals surface area contributed by atoms with E-state index in [1.807, 2.05) is 0 Å². The summed E-state index contributed by atoms with van der Waals surface area (Å²) in [7, 11) is 2.28. The number of ether oxygens (including phenoxy) is 2. The van der Waals surface area contributed by atoms with Gasteiger partial charge in [-0.2, -0.15) is 0 Å². The van der Waals surface area contributed by atoms with E-state index < -0.39 is 0 Å². The van der Waals surface area contributed by atoms with Gasteiger partial charge in [0.2, 0.25) is 0 Å². The number of quaternary nitrogens is 2. The molecule has 0 aromatic heterocycles. The maximum atomic E-state index is 5.84. The number of hydrogen-bond acceptors (Lipinski definition) is 2. The Morgan fingerprint density at radius 3 is 2.29 bits per heavy atom. The first-order valence-electron chi connectivity index (χ1n) is 8.08. The molecule has 0 amide bonds. The van der Waals surface area contributed by atoms with E-state index >= 15 is 0 Å². The fraction of sp³-hybridized carbons (Fsp3) is 0.647. The van der Waals surface area contributed by atoms with Gasteiger partial charge in [-0.15, -0.1) is 0 Å². The first kappa shape index (κ1) is 16.3. The average Bonchev–Trinajstić information content (AvgIpc) is 2.47. The lowest BCUT2D eigenvalue weighted by Crippen LogP contribution is -3.27. The van der Waals surface area contributed by atoms with E-state index in [2.05, 4.69) is 39.1 Å². The predicted octanol–water partition coefficient (Wildman–Crippen LogP) is -0.888. The summed E-state index contributed by atoms with van der Waals surface area (Å²) in [6, 6.07) is 6.23. The van der Waals surface area contributed by atoms with Crippen molar-refractivity contribution < 1.29 is 19.3 Å². The monoisotopic (exact) mass is 294 g/mol. The van der Waals surface area contributed by atoms with Gasteiger partial charge in [0.15, 0.2) is 0 Å². The molecule has 1 aliphatic rings. The molecule has 1 fully saturated rings. The van der Waals surface area contributed by atoms with Gasteiger partial charge in [-0.1, -0.05) is 18.2 Å². The summed E-state index contributed by atoms with van der Waals surface area (Å²) in [5, 5.41) is 0. The molecule has 2 rings (SSSR count). The second-order valence-electron chi connectivity index (χ2n) is 6.14. The molecule has 1 saturated heterocycles. The van der Waals surface area contributed by atoms with Crippen LogP contribution in [0.15, 0.2) is 18.2 Å². The standard InChI is InChI=1S/C17H28N2O2/c1-15-5-4-6-16(2)17(15)21-14-13-20-12-11-19-9-7-18(3)8-10-19/h4-6H,7-14H2,1-3H3/p+2. The molecule has 0 bridgehead atoms. The summed E-state index contributed by atoms with van der Waals surface area (Å²) in [6.45, 7) is 12.5. The van der Waals surface area contributed by atoms with Crippen LogP contribution in [-0.4, -0.2) is 59.6 Å². The molecule has 1 aromatic rings. The van der Waals surface area contributed by atoms with Crippen molar-refractivity contribution in [1.29, 1.82) is 0 Å². The summed E-state index contributed by atoms with van der Waals surface area (Å²) in [4.78, 5) is 3.33. The fourth-order valence-corrected chi connectivity index (χ4v) is 2.83. The molecular formula is C17H30N2O2+2. The van der Waals surface area contributed by atoms with Crippen LogP contribution in [0.25, 0.3) is 0 Å². The number of benzene rings is 1. The Bertz CT molecular complexity index is 409. The van der Waals surface area contributed by atoms with Crippen molar-refractivity contribution in [3.8, 4) is 5.75 Å². The molecule has 118 valence electrons. The average molecular weight is 294 g/mol. The van der Waals surface area contributed by atoms with E-state index in [0.717, 1.165) is 18.9 Å². The zero-order valence-electron chi connectivity index (χ0n) is 13.7. The van der Waals surface area contributed by atoms with Crippen LogP contribution in [0.4, 0.5) is 0 Å². The van der Waals surface area contributed by atoms with E-state index in [1.165, 1.54) is 37.3 Å². The van der Waals surface area contributed by atoms with Crippen LogP contribution >= 0.6 is 0 Å². The zero-order valence-corrected chi connectivity index (χ0v) is 13.7. The van der Waals surface area contributed by atoms with E-state index in [0.29, 0.717) is 13.2 Å². The first-order chi connectivity index (χ1) is 10.2. The lowest BCUT2D eigenvalue weighted by atomic mass is 10.1. The summed E-state index contributed by atoms with van der Waals surface area (Å²) in [6.07, 6.45) is 0. The van der Waals surface area contributed by atoms with Crippen LogP contribution in [0.2, 0.25) is 0 Å². The van der Waals surface area contributed by atoms with Crippen molar-refractivity contribution in [3.63, 3.8) is 0 Å². The Morgan fingerprint density at radius 2 is 1.62 bits per heavy atom. The van der Waals surface area contributed by atoms with Crippen molar-refractivity contribution in [3.05, 3.63) is 29.3 Å². The highest BCUT2D eigenvalue weighted by atomic mass is 16.5. The van der Waals surface area contributed by atoms with Gasteiger partial charge in [-0.05, 0) is 25.0 Å². The molecule has 0 saturated carbocycles. The van der Waals surface area contributed by atoms with E-state index in [1.54, 1.807) is 9.80 Å². The van der Waals surface area contributed by atoms with Gasteiger partial charge in [-0.25, -0.2) is 0 Å². The second-order valence-corrected chi connectivity index (χ2v) is 6.14. The Balaban J connectivity index is 1.56. The minimum atomic E-state index is 0.633. The highest BCUT2D eigenvalue weighted by Gasteiger charge is 2.18. The first-order valence-corrected chi connectivity index (χ1v) is 8.08. The molecule has 0 atom stereocenters. The third kappa shape index (κ3) is 5.30. The zero-order chi connectivity index (χ0) is 15.1. The molecule has 2 N–H and O–H groups in total. The topological polar surface area (TPSA) is 27.3 Å². The summed E-state index contributed by atoms with van der Waals surface area (Å²) >= 11 is 0. The van der Waals surface area contributed by atoms with Crippen molar-refractivity contribution in [2.45, 2.75) is 13.8 Å². The lowest BCUT2D eigenvalue weighted by Gasteiger charge is -2.27. The third-order valence-corrected chi connectivity index (χ3v) is 4.29. The van der Waals surface area contributed by atoms with Gasteiger partial charge in [-0.3, -0.25) is 0 Å². The highest BCUT2D eigenvalue weighted by molar-refractivity contribution is 5.39. The van der Waals surface area contributed by atoms with Crippen LogP contribution in [0.5, 0.6) is 5.75 Å². The van der Waals surface area contributed by atoms with Crippen molar-refractivity contribution in [2.75, 3.05) is 59.6 Å². The molecule has 1 heterocycles. The number of rotatable bonds is 7. The largest absolute Gasteiger partial charge is 0.491 e. The Kier molecular flexibility index (Phi) is 6.49. The van der Waals surface area contributed by atoms with Crippen molar-refractivity contribution in [2.24, 2.45) is 0 Å². The Morgan fingerprint density at radius 1 is 0.952 bits per heavy atom. The quantitative estimate of drug-likeness (QED) is 0.639. The molecule has 0 aliphatic carbocycles. The number of likely N-dealkylation sites (N-methyl/N-ethyl adjacent to an activating group) is 1. The smallest absolute Gasteiger partial charge is 0.127 e. The van der Waals surface area contributed by atoms with E-state index in [-0.39, 0.29) is 0 Å². The van der Waals surface area contributed by atoms with Crippen LogP contribution in [0, 0.1) is 13.8 Å². The minimum Gasteiger partial charge on any atom is -0.491 e. The van der Waals surface area contributed by atoms with Crippen LogP contribution in [0.1, 0.15) is 11.1 Å². The van der Waals surface area contributed by atoms with Gasteiger partial charge in [0.1, 0.15) is 45.1 Å². The highest BCUT2D eigenvalue weighted by Crippen LogP contribution is 2.21. The second kappa shape index (κ2) is 8.37. The van der Waals surface area contributed by atoms with E-state index in [4.69, 9.17) is 9.47 Å². The molecule has 0 unspecified atom stereocenters. The lowest BCUT2D eigenvalue weighted by molar-refractivity contribution is -1.00. The number of nitrogens with one attached hydrogen (secondary N) is 2. The molecule has 0 radical (unpaired) electrons. The third-order valence-electron chi connectivity index (χ3n) is 4.29. The predicted molar refractivity (Wildman–Crippen MR) is 84.4 cm³/mol. The molecular weight excluding hydrogens is 264 g/mol. The fourth-order valence-electron chi connectivity index (χ4n) is 2.83. The molecule has 1 aliphatic heterocycles. The van der Waals surface area contributed by atoms with Crippen LogP contribution < -0.4 is 14.5 Å². The van der Waals surface area contributed by atoms with Gasteiger partial charge in [0.05, 0.1) is 20.3 Å². The Labute approximate surface area is 128 Å². The van der Waals surface area contributed by atoms with Crippen LogP contribution in [-0.2, 0) is 4.74 Å². The summed E-state index contributed by atoms with van der Waals surface area (Å²) in [5.41, 5.74) is 2.39. The maximum Gasteiger partial charge on any atom is 0.127 e. The van der Waals surface area contributed by atoms with Gasteiger partial charge < -0.3 is 19.3 Å². The summed E-state index contributed by atoms with van der Waals surface area (Å²) in [5.74, 6) is 1.01. The summed E-state index contributed by atoms with van der Waals surface area (Å²) < 4.78 is 11.6. The normalized spacial score (nSPS) is 22.2. The van der Waals surface area contributed by atoms with E-state index in [9.17, 15) is 0 Å². The van der Waals surface area contributed by atoms with Gasteiger partial charge in [0.25, 0.3) is 0 Å².